The molecule has 0 aromatic carbocycles. The molecule has 0 aliphatic carbocycles. The molecule has 0 atom stereocenters. The van der Waals surface area contributed by atoms with Crippen LogP contribution in [0, 0.1) is 20.8 Å². The molecule has 17 heavy (non-hydrogen) atoms. The average molecular weight is 236 g/mol. The summed E-state index contributed by atoms with van der Waals surface area (Å²) in [5, 5.41) is 2.77. The van der Waals surface area contributed by atoms with Gasteiger partial charge in [-0.3, -0.25) is 9.78 Å². The lowest BCUT2D eigenvalue weighted by molar-refractivity contribution is -0.123. The minimum atomic E-state index is -0.0848. The van der Waals surface area contributed by atoms with Crippen molar-refractivity contribution in [1.82, 2.24) is 10.3 Å². The molecule has 1 aromatic heterocycles. The average Bonchev–Trinajstić information content (AvgIpc) is 2.29. The van der Waals surface area contributed by atoms with E-state index in [1.165, 1.54) is 0 Å². The van der Waals surface area contributed by atoms with Crippen molar-refractivity contribution in [3.63, 3.8) is 0 Å². The van der Waals surface area contributed by atoms with Crippen LogP contribution in [0.25, 0.3) is 0 Å². The summed E-state index contributed by atoms with van der Waals surface area (Å²) in [6, 6.07) is 1.86. The monoisotopic (exact) mass is 236 g/mol. The second-order valence-corrected chi connectivity index (χ2v) is 4.11. The van der Waals surface area contributed by atoms with Gasteiger partial charge in [0.15, 0.2) is 6.61 Å². The maximum atomic E-state index is 11.4. The molecular formula is C13H20N2O2. The number of aromatic nitrogens is 1. The summed E-state index contributed by atoms with van der Waals surface area (Å²) in [6.45, 7) is 8.56. The number of amides is 1. The van der Waals surface area contributed by atoms with Crippen molar-refractivity contribution < 1.29 is 9.53 Å². The SMILES string of the molecule is CCCNC(=O)COc1cc(C)nc(C)c1C. The highest BCUT2D eigenvalue weighted by molar-refractivity contribution is 5.77. The van der Waals surface area contributed by atoms with Crippen LogP contribution in [0.2, 0.25) is 0 Å². The first kappa shape index (κ1) is 13.5. The second kappa shape index (κ2) is 6.23. The van der Waals surface area contributed by atoms with E-state index in [4.69, 9.17) is 4.74 Å². The van der Waals surface area contributed by atoms with Crippen molar-refractivity contribution in [3.05, 3.63) is 23.0 Å². The van der Waals surface area contributed by atoms with Gasteiger partial charge in [-0.15, -0.1) is 0 Å². The molecule has 1 heterocycles. The Hall–Kier alpha value is -1.58. The Morgan fingerprint density at radius 2 is 2.12 bits per heavy atom. The third-order valence-electron chi connectivity index (χ3n) is 2.53. The summed E-state index contributed by atoms with van der Waals surface area (Å²) < 4.78 is 5.51. The van der Waals surface area contributed by atoms with E-state index < -0.39 is 0 Å². The Kier molecular flexibility index (Phi) is 4.94. The first-order valence-corrected chi connectivity index (χ1v) is 5.89. The van der Waals surface area contributed by atoms with Gasteiger partial charge in [-0.05, 0) is 27.2 Å². The van der Waals surface area contributed by atoms with Crippen LogP contribution in [0.5, 0.6) is 5.75 Å². The molecule has 0 bridgehead atoms. The van der Waals surface area contributed by atoms with E-state index in [-0.39, 0.29) is 12.5 Å². The van der Waals surface area contributed by atoms with Crippen LogP contribution in [-0.4, -0.2) is 24.0 Å². The number of nitrogens with zero attached hydrogens (tertiary/aromatic N) is 1. The summed E-state index contributed by atoms with van der Waals surface area (Å²) in [5.74, 6) is 0.653. The molecule has 0 spiro atoms. The molecule has 0 saturated heterocycles. The van der Waals surface area contributed by atoms with Crippen LogP contribution in [-0.2, 0) is 4.79 Å². The van der Waals surface area contributed by atoms with Gasteiger partial charge in [0, 0.05) is 29.6 Å². The van der Waals surface area contributed by atoms with Crippen LogP contribution in [0.15, 0.2) is 6.07 Å². The van der Waals surface area contributed by atoms with Crippen LogP contribution in [0.1, 0.15) is 30.3 Å². The highest BCUT2D eigenvalue weighted by Gasteiger charge is 2.07. The third kappa shape index (κ3) is 4.06. The number of hydrogen-bond donors (Lipinski definition) is 1. The fraction of sp³-hybridized carbons (Fsp3) is 0.538. The number of carbonyl (C=O) groups excluding carboxylic acids is 1. The summed E-state index contributed by atoms with van der Waals surface area (Å²) in [5.41, 5.74) is 2.82. The standard InChI is InChI=1S/C13H20N2O2/c1-5-6-14-13(16)8-17-12-7-9(2)15-11(4)10(12)3/h7H,5-6,8H2,1-4H3,(H,14,16). The zero-order valence-electron chi connectivity index (χ0n) is 11.0. The molecule has 0 saturated carbocycles. The Bertz CT molecular complexity index is 403. The first-order valence-electron chi connectivity index (χ1n) is 5.89. The lowest BCUT2D eigenvalue weighted by atomic mass is 10.2. The lowest BCUT2D eigenvalue weighted by Crippen LogP contribution is -2.29. The van der Waals surface area contributed by atoms with Gasteiger partial charge in [0.25, 0.3) is 5.91 Å². The molecule has 4 heteroatoms. The van der Waals surface area contributed by atoms with E-state index in [1.807, 2.05) is 33.8 Å². The van der Waals surface area contributed by atoms with Gasteiger partial charge < -0.3 is 10.1 Å². The maximum Gasteiger partial charge on any atom is 0.257 e. The predicted octanol–water partition coefficient (Wildman–Crippen LogP) is 1.91. The molecular weight excluding hydrogens is 216 g/mol. The molecule has 0 fully saturated rings. The Morgan fingerprint density at radius 1 is 1.41 bits per heavy atom. The van der Waals surface area contributed by atoms with Crippen molar-refractivity contribution in [2.75, 3.05) is 13.2 Å². The molecule has 4 nitrogen and oxygen atoms in total. The molecule has 94 valence electrons. The summed E-state index contributed by atoms with van der Waals surface area (Å²) in [7, 11) is 0. The molecule has 1 rings (SSSR count). The zero-order chi connectivity index (χ0) is 12.8. The topological polar surface area (TPSA) is 51.2 Å². The number of nitrogens with one attached hydrogen (secondary N) is 1. The largest absolute Gasteiger partial charge is 0.483 e. The van der Waals surface area contributed by atoms with Crippen LogP contribution < -0.4 is 10.1 Å². The molecule has 0 aliphatic rings. The van der Waals surface area contributed by atoms with Gasteiger partial charge >= 0.3 is 0 Å². The Labute approximate surface area is 102 Å². The normalized spacial score (nSPS) is 10.1. The van der Waals surface area contributed by atoms with E-state index in [1.54, 1.807) is 0 Å². The quantitative estimate of drug-likeness (QED) is 0.849. The van der Waals surface area contributed by atoms with Gasteiger partial charge in [0.1, 0.15) is 5.75 Å². The van der Waals surface area contributed by atoms with Gasteiger partial charge in [0.05, 0.1) is 0 Å². The Balaban J connectivity index is 2.60. The van der Waals surface area contributed by atoms with E-state index in [0.717, 1.165) is 29.1 Å². The van der Waals surface area contributed by atoms with Gasteiger partial charge in [0.2, 0.25) is 0 Å². The number of aryl methyl sites for hydroxylation is 2. The minimum Gasteiger partial charge on any atom is -0.483 e. The predicted molar refractivity (Wildman–Crippen MR) is 67.2 cm³/mol. The first-order chi connectivity index (χ1) is 8.04. The summed E-state index contributed by atoms with van der Waals surface area (Å²) >= 11 is 0. The molecule has 0 aliphatic heterocycles. The molecule has 0 unspecified atom stereocenters. The number of carbonyl (C=O) groups is 1. The molecule has 0 radical (unpaired) electrons. The third-order valence-corrected chi connectivity index (χ3v) is 2.53. The van der Waals surface area contributed by atoms with Crippen LogP contribution in [0.4, 0.5) is 0 Å². The van der Waals surface area contributed by atoms with E-state index in [0.29, 0.717) is 6.54 Å². The molecule has 1 N–H and O–H groups in total. The zero-order valence-corrected chi connectivity index (χ0v) is 11.0. The lowest BCUT2D eigenvalue weighted by Gasteiger charge is -2.11. The van der Waals surface area contributed by atoms with Gasteiger partial charge in [-0.2, -0.15) is 0 Å². The Morgan fingerprint density at radius 3 is 2.76 bits per heavy atom. The highest BCUT2D eigenvalue weighted by Crippen LogP contribution is 2.20. The number of hydrogen-bond acceptors (Lipinski definition) is 3. The van der Waals surface area contributed by atoms with E-state index in [9.17, 15) is 4.79 Å². The smallest absolute Gasteiger partial charge is 0.257 e. The van der Waals surface area contributed by atoms with Crippen molar-refractivity contribution in [2.24, 2.45) is 0 Å². The van der Waals surface area contributed by atoms with Crippen LogP contribution >= 0.6 is 0 Å². The van der Waals surface area contributed by atoms with E-state index >= 15 is 0 Å². The van der Waals surface area contributed by atoms with Gasteiger partial charge in [-0.25, -0.2) is 0 Å². The van der Waals surface area contributed by atoms with Crippen molar-refractivity contribution in [2.45, 2.75) is 34.1 Å². The number of ether oxygens (including phenoxy) is 1. The van der Waals surface area contributed by atoms with Gasteiger partial charge in [-0.1, -0.05) is 6.92 Å². The maximum absolute atomic E-state index is 11.4. The molecule has 1 aromatic rings. The molecule has 1 amide bonds. The number of rotatable bonds is 5. The summed E-state index contributed by atoms with van der Waals surface area (Å²) in [6.07, 6.45) is 0.929. The van der Waals surface area contributed by atoms with Crippen molar-refractivity contribution >= 4 is 5.91 Å². The number of pyridine rings is 1. The fourth-order valence-electron chi connectivity index (χ4n) is 1.47. The fourth-order valence-corrected chi connectivity index (χ4v) is 1.47. The van der Waals surface area contributed by atoms with Crippen LogP contribution in [0.3, 0.4) is 0 Å². The van der Waals surface area contributed by atoms with E-state index in [2.05, 4.69) is 10.3 Å². The van der Waals surface area contributed by atoms with Crippen molar-refractivity contribution in [3.8, 4) is 5.75 Å². The second-order valence-electron chi connectivity index (χ2n) is 4.11. The summed E-state index contributed by atoms with van der Waals surface area (Å²) in [4.78, 5) is 15.7. The highest BCUT2D eigenvalue weighted by atomic mass is 16.5. The minimum absolute atomic E-state index is 0.0593. The van der Waals surface area contributed by atoms with Crippen molar-refractivity contribution in [1.29, 1.82) is 0 Å².